The number of carboxylic acids is 1. The van der Waals surface area contributed by atoms with Gasteiger partial charge in [0.2, 0.25) is 0 Å². The Hall–Kier alpha value is -1.33. The molecule has 0 aromatic carbocycles. The fraction of sp³-hybridized carbons (Fsp3) is 0.667. The monoisotopic (exact) mass is 280 g/mol. The van der Waals surface area contributed by atoms with Gasteiger partial charge in [-0.05, 0) is 52.5 Å². The molecule has 0 spiro atoms. The minimum atomic E-state index is -0.920. The van der Waals surface area contributed by atoms with Gasteiger partial charge < -0.3 is 14.4 Å². The first-order chi connectivity index (χ1) is 9.51. The highest BCUT2D eigenvalue weighted by Crippen LogP contribution is 2.20. The highest BCUT2D eigenvalue weighted by molar-refractivity contribution is 5.88. The number of carbonyl (C=O) groups is 1. The van der Waals surface area contributed by atoms with Crippen LogP contribution in [0.1, 0.15) is 41.6 Å². The lowest BCUT2D eigenvalue weighted by atomic mass is 10.0. The van der Waals surface area contributed by atoms with E-state index in [1.165, 1.54) is 0 Å². The summed E-state index contributed by atoms with van der Waals surface area (Å²) in [7, 11) is 2.09. The normalized spacial score (nSPS) is 17.8. The van der Waals surface area contributed by atoms with Gasteiger partial charge in [-0.15, -0.1) is 0 Å². The topological polar surface area (TPSA) is 56.9 Å². The molecule has 112 valence electrons. The number of carboxylic acid groups (broad SMARTS) is 1. The highest BCUT2D eigenvalue weighted by Gasteiger charge is 2.23. The Morgan fingerprint density at radius 1 is 1.50 bits per heavy atom. The molecule has 1 aromatic heterocycles. The molecule has 20 heavy (non-hydrogen) atoms. The van der Waals surface area contributed by atoms with Crippen molar-refractivity contribution in [2.75, 3.05) is 26.7 Å². The SMILES string of the molecule is CCN1CCC(N(C)Cc2cc(C(=O)O)c(C)o2)CC1. The number of hydrogen-bond donors (Lipinski definition) is 1. The van der Waals surface area contributed by atoms with E-state index in [1.807, 2.05) is 0 Å². The molecule has 0 atom stereocenters. The predicted octanol–water partition coefficient (Wildman–Crippen LogP) is 2.20. The number of nitrogens with zero attached hydrogens (tertiary/aromatic N) is 2. The van der Waals surface area contributed by atoms with Crippen LogP contribution in [0.4, 0.5) is 0 Å². The van der Waals surface area contributed by atoms with Gasteiger partial charge in [-0.1, -0.05) is 6.92 Å². The number of rotatable bonds is 5. The van der Waals surface area contributed by atoms with E-state index in [4.69, 9.17) is 9.52 Å². The zero-order chi connectivity index (χ0) is 14.7. The molecule has 1 saturated heterocycles. The molecular formula is C15H24N2O3. The van der Waals surface area contributed by atoms with Crippen LogP contribution >= 0.6 is 0 Å². The molecule has 1 aromatic rings. The molecule has 2 rings (SSSR count). The van der Waals surface area contributed by atoms with Crippen LogP contribution in [-0.4, -0.2) is 53.6 Å². The quantitative estimate of drug-likeness (QED) is 0.896. The molecule has 0 unspecified atom stereocenters. The Balaban J connectivity index is 1.93. The lowest BCUT2D eigenvalue weighted by Crippen LogP contribution is -2.42. The molecule has 0 amide bonds. The second-order valence-electron chi connectivity index (χ2n) is 5.57. The minimum Gasteiger partial charge on any atom is -0.478 e. The van der Waals surface area contributed by atoms with E-state index in [1.54, 1.807) is 13.0 Å². The van der Waals surface area contributed by atoms with Crippen molar-refractivity contribution in [2.45, 2.75) is 39.3 Å². The maximum absolute atomic E-state index is 11.0. The summed E-state index contributed by atoms with van der Waals surface area (Å²) in [5, 5.41) is 9.04. The number of hydrogen-bond acceptors (Lipinski definition) is 4. The zero-order valence-electron chi connectivity index (χ0n) is 12.6. The number of aromatic carboxylic acids is 1. The third-order valence-corrected chi connectivity index (χ3v) is 4.23. The largest absolute Gasteiger partial charge is 0.478 e. The van der Waals surface area contributed by atoms with Gasteiger partial charge in [-0.3, -0.25) is 4.90 Å². The van der Waals surface area contributed by atoms with Gasteiger partial charge in [-0.2, -0.15) is 0 Å². The molecule has 0 bridgehead atoms. The number of likely N-dealkylation sites (tertiary alicyclic amines) is 1. The van der Waals surface area contributed by atoms with Crippen LogP contribution in [0.2, 0.25) is 0 Å². The molecule has 0 saturated carbocycles. The Morgan fingerprint density at radius 3 is 2.65 bits per heavy atom. The first-order valence-electron chi connectivity index (χ1n) is 7.26. The molecule has 1 fully saturated rings. The average Bonchev–Trinajstić information content (AvgIpc) is 2.79. The number of piperidine rings is 1. The summed E-state index contributed by atoms with van der Waals surface area (Å²) >= 11 is 0. The molecule has 1 N–H and O–H groups in total. The van der Waals surface area contributed by atoms with E-state index in [9.17, 15) is 4.79 Å². The van der Waals surface area contributed by atoms with Crippen molar-refractivity contribution in [1.82, 2.24) is 9.80 Å². The summed E-state index contributed by atoms with van der Waals surface area (Å²) < 4.78 is 5.55. The van der Waals surface area contributed by atoms with Gasteiger partial charge in [0.25, 0.3) is 0 Å². The van der Waals surface area contributed by atoms with Crippen LogP contribution in [0, 0.1) is 6.92 Å². The second kappa shape index (κ2) is 6.41. The molecule has 1 aliphatic heterocycles. The van der Waals surface area contributed by atoms with E-state index >= 15 is 0 Å². The van der Waals surface area contributed by atoms with Gasteiger partial charge in [0.15, 0.2) is 0 Å². The summed E-state index contributed by atoms with van der Waals surface area (Å²) in [4.78, 5) is 15.7. The minimum absolute atomic E-state index is 0.272. The van der Waals surface area contributed by atoms with Crippen molar-refractivity contribution < 1.29 is 14.3 Å². The summed E-state index contributed by atoms with van der Waals surface area (Å²) in [6, 6.07) is 2.20. The van der Waals surface area contributed by atoms with E-state index in [0.29, 0.717) is 18.3 Å². The molecule has 0 aliphatic carbocycles. The van der Waals surface area contributed by atoms with Crippen LogP contribution in [0.25, 0.3) is 0 Å². The number of furan rings is 1. The number of aryl methyl sites for hydroxylation is 1. The average molecular weight is 280 g/mol. The van der Waals surface area contributed by atoms with Gasteiger partial charge in [0.1, 0.15) is 17.1 Å². The summed E-state index contributed by atoms with van der Waals surface area (Å²) in [6.45, 7) is 7.97. The molecule has 5 heteroatoms. The van der Waals surface area contributed by atoms with Crippen LogP contribution in [-0.2, 0) is 6.54 Å². The third-order valence-electron chi connectivity index (χ3n) is 4.23. The molecule has 5 nitrogen and oxygen atoms in total. The van der Waals surface area contributed by atoms with Crippen molar-refractivity contribution in [3.8, 4) is 0 Å². The molecule has 0 radical (unpaired) electrons. The van der Waals surface area contributed by atoms with E-state index in [-0.39, 0.29) is 5.56 Å². The van der Waals surface area contributed by atoms with Gasteiger partial charge in [0.05, 0.1) is 6.54 Å². The third kappa shape index (κ3) is 3.41. The smallest absolute Gasteiger partial charge is 0.339 e. The lowest BCUT2D eigenvalue weighted by molar-refractivity contribution is 0.0695. The van der Waals surface area contributed by atoms with Crippen LogP contribution < -0.4 is 0 Å². The molecule has 1 aliphatic rings. The van der Waals surface area contributed by atoms with Crippen molar-refractivity contribution in [2.24, 2.45) is 0 Å². The van der Waals surface area contributed by atoms with Crippen molar-refractivity contribution in [3.63, 3.8) is 0 Å². The second-order valence-corrected chi connectivity index (χ2v) is 5.57. The van der Waals surface area contributed by atoms with Crippen LogP contribution in [0.15, 0.2) is 10.5 Å². The van der Waals surface area contributed by atoms with Crippen molar-refractivity contribution in [1.29, 1.82) is 0 Å². The first kappa shape index (κ1) is 15.1. The summed E-state index contributed by atoms with van der Waals surface area (Å²) in [6.07, 6.45) is 2.33. The van der Waals surface area contributed by atoms with Gasteiger partial charge in [0, 0.05) is 6.04 Å². The van der Waals surface area contributed by atoms with Crippen molar-refractivity contribution in [3.05, 3.63) is 23.2 Å². The van der Waals surface area contributed by atoms with Gasteiger partial charge >= 0.3 is 5.97 Å². The molecule has 2 heterocycles. The Labute approximate surface area is 120 Å². The fourth-order valence-corrected chi connectivity index (χ4v) is 2.89. The fourth-order valence-electron chi connectivity index (χ4n) is 2.89. The maximum Gasteiger partial charge on any atom is 0.339 e. The van der Waals surface area contributed by atoms with E-state index < -0.39 is 5.97 Å². The zero-order valence-corrected chi connectivity index (χ0v) is 12.6. The predicted molar refractivity (Wildman–Crippen MR) is 77.0 cm³/mol. The van der Waals surface area contributed by atoms with Gasteiger partial charge in [-0.25, -0.2) is 4.79 Å². The lowest BCUT2D eigenvalue weighted by Gasteiger charge is -2.35. The standard InChI is InChI=1S/C15H24N2O3/c1-4-17-7-5-12(6-8-17)16(3)10-13-9-14(15(18)19)11(2)20-13/h9,12H,4-8,10H2,1-3H3,(H,18,19). The highest BCUT2D eigenvalue weighted by atomic mass is 16.4. The van der Waals surface area contributed by atoms with E-state index in [2.05, 4.69) is 23.8 Å². The summed E-state index contributed by atoms with van der Waals surface area (Å²) in [5.41, 5.74) is 0.272. The Kier molecular flexibility index (Phi) is 4.83. The maximum atomic E-state index is 11.0. The first-order valence-corrected chi connectivity index (χ1v) is 7.26. The van der Waals surface area contributed by atoms with Crippen LogP contribution in [0.5, 0.6) is 0 Å². The molecular weight excluding hydrogens is 256 g/mol. The van der Waals surface area contributed by atoms with Crippen molar-refractivity contribution >= 4 is 5.97 Å². The summed E-state index contributed by atoms with van der Waals surface area (Å²) in [5.74, 6) is 0.304. The van der Waals surface area contributed by atoms with Crippen LogP contribution in [0.3, 0.4) is 0 Å². The Morgan fingerprint density at radius 2 is 2.15 bits per heavy atom. The Bertz CT molecular complexity index is 462. The van der Waals surface area contributed by atoms with E-state index in [0.717, 1.165) is 38.2 Å².